The Labute approximate surface area is 132 Å². The Balaban J connectivity index is 3.05. The summed E-state index contributed by atoms with van der Waals surface area (Å²) >= 11 is 0. The van der Waals surface area contributed by atoms with Crippen LogP contribution in [0.2, 0.25) is 0 Å². The van der Waals surface area contributed by atoms with Gasteiger partial charge in [0.15, 0.2) is 0 Å². The standard InChI is InChI=1S/C17H28N2O3/c1-12(2)14(19-15(20)22-16(3,4)5)17(21,11-18)13-9-7-6-8-10-13/h6-10,12,14,21H,11,18H2,1-5H3,(H,19,20)/t14-,17-/m0/s1. The van der Waals surface area contributed by atoms with E-state index in [0.29, 0.717) is 5.56 Å². The molecule has 0 heterocycles. The second-order valence-corrected chi connectivity index (χ2v) is 6.86. The van der Waals surface area contributed by atoms with Crippen molar-refractivity contribution in [2.45, 2.75) is 51.9 Å². The van der Waals surface area contributed by atoms with Gasteiger partial charge in [-0.3, -0.25) is 0 Å². The molecule has 0 unspecified atom stereocenters. The number of carbonyl (C=O) groups excluding carboxylic acids is 1. The van der Waals surface area contributed by atoms with Crippen LogP contribution in [0.5, 0.6) is 0 Å². The van der Waals surface area contributed by atoms with Crippen LogP contribution in [0.3, 0.4) is 0 Å². The number of aliphatic hydroxyl groups is 1. The van der Waals surface area contributed by atoms with Crippen molar-refractivity contribution in [1.29, 1.82) is 0 Å². The average Bonchev–Trinajstić information content (AvgIpc) is 2.43. The summed E-state index contributed by atoms with van der Waals surface area (Å²) in [6.45, 7) is 9.22. The molecule has 0 fully saturated rings. The van der Waals surface area contributed by atoms with Gasteiger partial charge in [-0.05, 0) is 32.3 Å². The van der Waals surface area contributed by atoms with Crippen LogP contribution in [0.25, 0.3) is 0 Å². The molecule has 124 valence electrons. The molecular formula is C17H28N2O3. The van der Waals surface area contributed by atoms with Gasteiger partial charge in [0, 0.05) is 6.54 Å². The molecule has 1 aromatic carbocycles. The maximum atomic E-state index is 12.1. The van der Waals surface area contributed by atoms with Crippen molar-refractivity contribution in [3.05, 3.63) is 35.9 Å². The zero-order valence-electron chi connectivity index (χ0n) is 14.1. The average molecular weight is 308 g/mol. The number of benzene rings is 1. The second kappa shape index (κ2) is 7.11. The lowest BCUT2D eigenvalue weighted by Crippen LogP contribution is -2.57. The van der Waals surface area contributed by atoms with Gasteiger partial charge in [-0.15, -0.1) is 0 Å². The third kappa shape index (κ3) is 4.71. The van der Waals surface area contributed by atoms with E-state index >= 15 is 0 Å². The van der Waals surface area contributed by atoms with Crippen molar-refractivity contribution in [2.24, 2.45) is 11.7 Å². The van der Waals surface area contributed by atoms with Gasteiger partial charge in [-0.2, -0.15) is 0 Å². The molecule has 1 amide bonds. The Morgan fingerprint density at radius 2 is 1.82 bits per heavy atom. The molecule has 1 aromatic rings. The van der Waals surface area contributed by atoms with Crippen molar-refractivity contribution in [2.75, 3.05) is 6.54 Å². The summed E-state index contributed by atoms with van der Waals surface area (Å²) in [6, 6.07) is 8.58. The number of hydrogen-bond acceptors (Lipinski definition) is 4. The smallest absolute Gasteiger partial charge is 0.407 e. The van der Waals surface area contributed by atoms with E-state index < -0.39 is 23.3 Å². The molecule has 0 aliphatic heterocycles. The number of carbonyl (C=O) groups is 1. The first-order valence-corrected chi connectivity index (χ1v) is 7.57. The van der Waals surface area contributed by atoms with E-state index in [1.807, 2.05) is 32.0 Å². The highest BCUT2D eigenvalue weighted by molar-refractivity contribution is 5.68. The van der Waals surface area contributed by atoms with Gasteiger partial charge >= 0.3 is 6.09 Å². The summed E-state index contributed by atoms with van der Waals surface area (Å²) in [4.78, 5) is 12.1. The van der Waals surface area contributed by atoms with E-state index in [0.717, 1.165) is 0 Å². The molecule has 0 radical (unpaired) electrons. The number of nitrogens with two attached hydrogens (primary N) is 1. The second-order valence-electron chi connectivity index (χ2n) is 6.86. The van der Waals surface area contributed by atoms with Crippen molar-refractivity contribution in [3.63, 3.8) is 0 Å². The minimum absolute atomic E-state index is 0.00431. The molecule has 4 N–H and O–H groups in total. The zero-order valence-corrected chi connectivity index (χ0v) is 14.1. The third-order valence-corrected chi connectivity index (χ3v) is 3.44. The van der Waals surface area contributed by atoms with E-state index in [1.165, 1.54) is 0 Å². The molecule has 5 nitrogen and oxygen atoms in total. The van der Waals surface area contributed by atoms with Gasteiger partial charge in [-0.25, -0.2) is 4.79 Å². The topological polar surface area (TPSA) is 84.6 Å². The van der Waals surface area contributed by atoms with Crippen molar-refractivity contribution >= 4 is 6.09 Å². The lowest BCUT2D eigenvalue weighted by Gasteiger charge is -2.39. The fraction of sp³-hybridized carbons (Fsp3) is 0.588. The molecular weight excluding hydrogens is 280 g/mol. The predicted octanol–water partition coefficient (Wildman–Crippen LogP) is 2.38. The van der Waals surface area contributed by atoms with Crippen LogP contribution in [0.4, 0.5) is 4.79 Å². The molecule has 5 heteroatoms. The van der Waals surface area contributed by atoms with Crippen LogP contribution in [0.15, 0.2) is 30.3 Å². The van der Waals surface area contributed by atoms with Crippen molar-refractivity contribution < 1.29 is 14.6 Å². The first kappa shape index (κ1) is 18.5. The van der Waals surface area contributed by atoms with Crippen LogP contribution < -0.4 is 11.1 Å². The van der Waals surface area contributed by atoms with E-state index in [2.05, 4.69) is 5.32 Å². The van der Waals surface area contributed by atoms with Gasteiger partial charge in [0.2, 0.25) is 0 Å². The molecule has 0 aliphatic carbocycles. The molecule has 0 saturated carbocycles. The normalized spacial score (nSPS) is 16.0. The lowest BCUT2D eigenvalue weighted by molar-refractivity contribution is -0.0186. The largest absolute Gasteiger partial charge is 0.444 e. The van der Waals surface area contributed by atoms with E-state index in [1.54, 1.807) is 32.9 Å². The molecule has 1 rings (SSSR count). The number of alkyl carbamates (subject to hydrolysis) is 1. The van der Waals surface area contributed by atoms with Gasteiger partial charge < -0.3 is 20.9 Å². The fourth-order valence-electron chi connectivity index (χ4n) is 2.42. The summed E-state index contributed by atoms with van der Waals surface area (Å²) in [5.41, 5.74) is 4.56. The van der Waals surface area contributed by atoms with Gasteiger partial charge in [0.25, 0.3) is 0 Å². The number of hydrogen-bond donors (Lipinski definition) is 3. The SMILES string of the molecule is CC(C)[C@H](NC(=O)OC(C)(C)C)[C@](O)(CN)c1ccccc1. The summed E-state index contributed by atoms with van der Waals surface area (Å²) in [7, 11) is 0. The van der Waals surface area contributed by atoms with Crippen LogP contribution in [-0.4, -0.2) is 29.4 Å². The Morgan fingerprint density at radius 3 is 2.23 bits per heavy atom. The quantitative estimate of drug-likeness (QED) is 0.779. The highest BCUT2D eigenvalue weighted by Gasteiger charge is 2.40. The first-order chi connectivity index (χ1) is 10.1. The molecule has 0 spiro atoms. The Kier molecular flexibility index (Phi) is 5.97. The highest BCUT2D eigenvalue weighted by atomic mass is 16.6. The molecule has 0 bridgehead atoms. The number of ether oxygens (including phenoxy) is 1. The summed E-state index contributed by atoms with van der Waals surface area (Å²) < 4.78 is 5.29. The highest BCUT2D eigenvalue weighted by Crippen LogP contribution is 2.28. The van der Waals surface area contributed by atoms with Crippen LogP contribution in [0, 0.1) is 5.92 Å². The molecule has 2 atom stereocenters. The van der Waals surface area contributed by atoms with E-state index in [4.69, 9.17) is 10.5 Å². The van der Waals surface area contributed by atoms with Crippen LogP contribution in [-0.2, 0) is 10.3 Å². The summed E-state index contributed by atoms with van der Waals surface area (Å²) in [6.07, 6.45) is -0.561. The van der Waals surface area contributed by atoms with Crippen molar-refractivity contribution in [1.82, 2.24) is 5.32 Å². The van der Waals surface area contributed by atoms with E-state index in [9.17, 15) is 9.90 Å². The summed E-state index contributed by atoms with van der Waals surface area (Å²) in [5.74, 6) is -0.0266. The first-order valence-electron chi connectivity index (χ1n) is 7.57. The van der Waals surface area contributed by atoms with E-state index in [-0.39, 0.29) is 12.5 Å². The summed E-state index contributed by atoms with van der Waals surface area (Å²) in [5, 5.41) is 13.8. The number of nitrogens with one attached hydrogen (secondary N) is 1. The Hall–Kier alpha value is -1.59. The molecule has 0 aliphatic rings. The zero-order chi connectivity index (χ0) is 17.0. The van der Waals surface area contributed by atoms with Crippen LogP contribution in [0.1, 0.15) is 40.2 Å². The van der Waals surface area contributed by atoms with Crippen LogP contribution >= 0.6 is 0 Å². The number of amides is 1. The Morgan fingerprint density at radius 1 is 1.27 bits per heavy atom. The minimum atomic E-state index is -1.35. The Bertz CT molecular complexity index is 482. The predicted molar refractivity (Wildman–Crippen MR) is 87.4 cm³/mol. The maximum Gasteiger partial charge on any atom is 0.407 e. The van der Waals surface area contributed by atoms with Crippen molar-refractivity contribution in [3.8, 4) is 0 Å². The minimum Gasteiger partial charge on any atom is -0.444 e. The van der Waals surface area contributed by atoms with Gasteiger partial charge in [-0.1, -0.05) is 44.2 Å². The third-order valence-electron chi connectivity index (χ3n) is 3.44. The van der Waals surface area contributed by atoms with Gasteiger partial charge in [0.1, 0.15) is 11.2 Å². The molecule has 22 heavy (non-hydrogen) atoms. The monoisotopic (exact) mass is 308 g/mol. The fourth-order valence-corrected chi connectivity index (χ4v) is 2.42. The van der Waals surface area contributed by atoms with Gasteiger partial charge in [0.05, 0.1) is 6.04 Å². The number of rotatable bonds is 5. The molecule has 0 aromatic heterocycles. The maximum absolute atomic E-state index is 12.1. The molecule has 0 saturated heterocycles. The lowest BCUT2D eigenvalue weighted by atomic mass is 9.80.